The van der Waals surface area contributed by atoms with Gasteiger partial charge in [-0.2, -0.15) is 0 Å². The number of nitrogens with one attached hydrogen (secondary N) is 3. The lowest BCUT2D eigenvalue weighted by atomic mass is 10.1. The van der Waals surface area contributed by atoms with Crippen molar-refractivity contribution in [3.8, 4) is 0 Å². The molecule has 3 N–H and O–H groups in total. The van der Waals surface area contributed by atoms with Gasteiger partial charge in [0.2, 0.25) is 0 Å². The Bertz CT molecular complexity index is 453. The van der Waals surface area contributed by atoms with E-state index in [9.17, 15) is 9.59 Å². The molecule has 0 spiro atoms. The molecule has 9 heteroatoms. The fourth-order valence-corrected chi connectivity index (χ4v) is 2.07. The largest absolute Gasteiger partial charge is 0.469 e. The Kier molecular flexibility index (Phi) is 16.3. The number of alkyl carbamates (subject to hydrolysis) is 1. The Morgan fingerprint density at radius 3 is 2.33 bits per heavy atom. The number of nitrogens with zero attached hydrogens (tertiary/aromatic N) is 1. The molecule has 0 saturated carbocycles. The summed E-state index contributed by atoms with van der Waals surface area (Å²) in [5.74, 6) is 0.321. The number of rotatable bonds is 10. The molecular weight excluding hydrogens is 463 g/mol. The van der Waals surface area contributed by atoms with Crippen LogP contribution in [-0.2, 0) is 14.3 Å². The van der Waals surface area contributed by atoms with Crippen molar-refractivity contribution in [1.29, 1.82) is 0 Å². The van der Waals surface area contributed by atoms with E-state index in [2.05, 4.69) is 32.6 Å². The van der Waals surface area contributed by atoms with Crippen LogP contribution in [0.5, 0.6) is 0 Å². The number of hydrogen-bond donors (Lipinski definition) is 3. The highest BCUT2D eigenvalue weighted by Crippen LogP contribution is 2.07. The van der Waals surface area contributed by atoms with E-state index in [1.807, 2.05) is 27.7 Å². The second-order valence-corrected chi connectivity index (χ2v) is 6.95. The van der Waals surface area contributed by atoms with Crippen molar-refractivity contribution >= 4 is 42.0 Å². The van der Waals surface area contributed by atoms with E-state index >= 15 is 0 Å². The molecule has 1 amide bonds. The molecule has 0 saturated heterocycles. The number of guanidine groups is 1. The van der Waals surface area contributed by atoms with Gasteiger partial charge in [0.05, 0.1) is 20.1 Å². The molecule has 8 nitrogen and oxygen atoms in total. The molecule has 0 rings (SSSR count). The third-order valence-corrected chi connectivity index (χ3v) is 3.30. The highest BCUT2D eigenvalue weighted by molar-refractivity contribution is 14.0. The first-order valence-electron chi connectivity index (χ1n) is 9.30. The smallest absolute Gasteiger partial charge is 0.407 e. The minimum atomic E-state index is -0.527. The van der Waals surface area contributed by atoms with E-state index in [0.29, 0.717) is 25.6 Å². The third-order valence-electron chi connectivity index (χ3n) is 3.30. The van der Waals surface area contributed by atoms with E-state index in [-0.39, 0.29) is 42.4 Å². The maximum atomic E-state index is 11.9. The van der Waals surface area contributed by atoms with Gasteiger partial charge in [0, 0.05) is 19.1 Å². The van der Waals surface area contributed by atoms with Gasteiger partial charge in [-0.15, -0.1) is 24.0 Å². The molecular formula is C18H37IN4O4. The van der Waals surface area contributed by atoms with Gasteiger partial charge < -0.3 is 25.4 Å². The number of aliphatic imine (C=N–C) groups is 1. The Labute approximate surface area is 180 Å². The summed E-state index contributed by atoms with van der Waals surface area (Å²) in [6.45, 7) is 11.0. The highest BCUT2D eigenvalue weighted by atomic mass is 127. The zero-order valence-electron chi connectivity index (χ0n) is 17.5. The predicted octanol–water partition coefficient (Wildman–Crippen LogP) is 2.81. The van der Waals surface area contributed by atoms with Crippen molar-refractivity contribution < 1.29 is 19.1 Å². The maximum Gasteiger partial charge on any atom is 0.407 e. The molecule has 0 aliphatic rings. The average molecular weight is 500 g/mol. The van der Waals surface area contributed by atoms with Crippen LogP contribution in [0.15, 0.2) is 4.99 Å². The molecule has 160 valence electrons. The van der Waals surface area contributed by atoms with Crippen molar-refractivity contribution in [1.82, 2.24) is 16.0 Å². The first-order valence-corrected chi connectivity index (χ1v) is 9.30. The SMILES string of the molecule is CCCCC(CNC(=O)OC(C)(C)C)NC(=NCCC(=O)OC)NCC.I. The fourth-order valence-electron chi connectivity index (χ4n) is 2.07. The first-order chi connectivity index (χ1) is 12.2. The van der Waals surface area contributed by atoms with Gasteiger partial charge in [-0.3, -0.25) is 9.79 Å². The molecule has 1 atom stereocenters. The third kappa shape index (κ3) is 16.6. The van der Waals surface area contributed by atoms with Crippen molar-refractivity contribution in [2.75, 3.05) is 26.7 Å². The topological polar surface area (TPSA) is 101 Å². The number of unbranched alkanes of at least 4 members (excludes halogenated alkanes) is 1. The van der Waals surface area contributed by atoms with Crippen molar-refractivity contribution in [3.05, 3.63) is 0 Å². The van der Waals surface area contributed by atoms with Gasteiger partial charge in [0.1, 0.15) is 5.60 Å². The molecule has 0 heterocycles. The Morgan fingerprint density at radius 1 is 1.15 bits per heavy atom. The molecule has 0 aliphatic carbocycles. The number of carbonyl (C=O) groups is 2. The summed E-state index contributed by atoms with van der Waals surface area (Å²) in [6, 6.07) is 0.0124. The van der Waals surface area contributed by atoms with Crippen molar-refractivity contribution in [3.63, 3.8) is 0 Å². The lowest BCUT2D eigenvalue weighted by Crippen LogP contribution is -2.49. The zero-order valence-corrected chi connectivity index (χ0v) is 19.8. The molecule has 0 aromatic rings. The van der Waals surface area contributed by atoms with Gasteiger partial charge in [0.15, 0.2) is 5.96 Å². The quantitative estimate of drug-likeness (QED) is 0.185. The number of amides is 1. The molecule has 0 aromatic carbocycles. The van der Waals surface area contributed by atoms with Crippen molar-refractivity contribution in [2.45, 2.75) is 71.9 Å². The molecule has 0 aromatic heterocycles. The molecule has 27 heavy (non-hydrogen) atoms. The predicted molar refractivity (Wildman–Crippen MR) is 119 cm³/mol. The van der Waals surface area contributed by atoms with Gasteiger partial charge in [-0.1, -0.05) is 19.8 Å². The molecule has 0 bridgehead atoms. The van der Waals surface area contributed by atoms with E-state index in [4.69, 9.17) is 4.74 Å². The van der Waals surface area contributed by atoms with Gasteiger partial charge in [0.25, 0.3) is 0 Å². The Morgan fingerprint density at radius 2 is 1.81 bits per heavy atom. The van der Waals surface area contributed by atoms with Crippen molar-refractivity contribution in [2.24, 2.45) is 4.99 Å². The summed E-state index contributed by atoms with van der Waals surface area (Å²) in [7, 11) is 1.36. The maximum absolute atomic E-state index is 11.9. The summed E-state index contributed by atoms with van der Waals surface area (Å²) in [5, 5.41) is 9.26. The van der Waals surface area contributed by atoms with Crippen LogP contribution in [0.4, 0.5) is 4.79 Å². The lowest BCUT2D eigenvalue weighted by Gasteiger charge is -2.24. The minimum Gasteiger partial charge on any atom is -0.469 e. The van der Waals surface area contributed by atoms with Crippen LogP contribution < -0.4 is 16.0 Å². The van der Waals surface area contributed by atoms with E-state index in [1.54, 1.807) is 0 Å². The first kappa shape index (κ1) is 28.0. The summed E-state index contributed by atoms with van der Waals surface area (Å²) >= 11 is 0. The zero-order chi connectivity index (χ0) is 20.0. The van der Waals surface area contributed by atoms with E-state index in [0.717, 1.165) is 19.3 Å². The highest BCUT2D eigenvalue weighted by Gasteiger charge is 2.18. The van der Waals surface area contributed by atoms with E-state index < -0.39 is 11.7 Å². The number of carbonyl (C=O) groups excluding carboxylic acids is 2. The number of hydrogen-bond acceptors (Lipinski definition) is 5. The summed E-state index contributed by atoms with van der Waals surface area (Å²) in [5.41, 5.74) is -0.527. The normalized spacial score (nSPS) is 12.4. The fraction of sp³-hybridized carbons (Fsp3) is 0.833. The number of ether oxygens (including phenoxy) is 2. The van der Waals surface area contributed by atoms with Crippen LogP contribution in [0, 0.1) is 0 Å². The second kappa shape index (κ2) is 15.8. The summed E-state index contributed by atoms with van der Waals surface area (Å²) in [6.07, 6.45) is 2.75. The summed E-state index contributed by atoms with van der Waals surface area (Å²) < 4.78 is 9.89. The van der Waals surface area contributed by atoms with Crippen LogP contribution in [0.2, 0.25) is 0 Å². The van der Waals surface area contributed by atoms with Gasteiger partial charge in [-0.05, 0) is 34.1 Å². The molecule has 0 fully saturated rings. The number of esters is 1. The Balaban J connectivity index is 0. The monoisotopic (exact) mass is 500 g/mol. The second-order valence-electron chi connectivity index (χ2n) is 6.95. The number of halogens is 1. The summed E-state index contributed by atoms with van der Waals surface area (Å²) in [4.78, 5) is 27.5. The van der Waals surface area contributed by atoms with Crippen LogP contribution >= 0.6 is 24.0 Å². The minimum absolute atomic E-state index is 0. The lowest BCUT2D eigenvalue weighted by molar-refractivity contribution is -0.140. The molecule has 0 aliphatic heterocycles. The van der Waals surface area contributed by atoms with Gasteiger partial charge in [-0.25, -0.2) is 4.79 Å². The van der Waals surface area contributed by atoms with E-state index in [1.165, 1.54) is 7.11 Å². The number of methoxy groups -OCH3 is 1. The van der Waals surface area contributed by atoms with Crippen LogP contribution in [-0.4, -0.2) is 56.4 Å². The van der Waals surface area contributed by atoms with Crippen LogP contribution in [0.3, 0.4) is 0 Å². The Hall–Kier alpha value is -1.26. The molecule has 0 radical (unpaired) electrons. The van der Waals surface area contributed by atoms with Gasteiger partial charge >= 0.3 is 12.1 Å². The van der Waals surface area contributed by atoms with Crippen LogP contribution in [0.1, 0.15) is 60.3 Å². The molecule has 1 unspecified atom stereocenters. The van der Waals surface area contributed by atoms with Crippen LogP contribution in [0.25, 0.3) is 0 Å². The average Bonchev–Trinajstić information content (AvgIpc) is 2.55. The standard InChI is InChI=1S/C18H36N4O4.HI/c1-7-9-10-14(13-21-17(24)26-18(3,4)5)22-16(19-8-2)20-12-11-15(23)25-6;/h14H,7-13H2,1-6H3,(H,21,24)(H2,19,20,22);1H.